The first-order valence-electron chi connectivity index (χ1n) is 6.57. The Morgan fingerprint density at radius 1 is 1.32 bits per heavy atom. The molecule has 0 saturated heterocycles. The molecule has 1 heterocycles. The minimum atomic E-state index is -0.504. The number of nitrogens with zero attached hydrogens (tertiary/aromatic N) is 2. The molecule has 1 aromatic heterocycles. The minimum absolute atomic E-state index is 0.0300. The van der Waals surface area contributed by atoms with E-state index in [1.807, 2.05) is 0 Å². The van der Waals surface area contributed by atoms with E-state index in [0.717, 1.165) is 24.2 Å². The summed E-state index contributed by atoms with van der Waals surface area (Å²) in [6.07, 6.45) is 1.89. The molecule has 1 N–H and O–H groups in total. The molecular weight excluding hydrogens is 246 g/mol. The van der Waals surface area contributed by atoms with Crippen LogP contribution in [0, 0.1) is 0 Å². The molecule has 0 aromatic carbocycles. The van der Waals surface area contributed by atoms with Gasteiger partial charge >= 0.3 is 5.69 Å². The SMILES string of the molecule is CCN(CC)CCCn1c(=O)[nH]cc(C(C)=O)c1=O. The lowest BCUT2D eigenvalue weighted by atomic mass is 10.2. The van der Waals surface area contributed by atoms with Crippen LogP contribution in [0.15, 0.2) is 15.8 Å². The van der Waals surface area contributed by atoms with Crippen molar-refractivity contribution in [2.75, 3.05) is 19.6 Å². The van der Waals surface area contributed by atoms with E-state index in [4.69, 9.17) is 0 Å². The second kappa shape index (κ2) is 7.04. The van der Waals surface area contributed by atoms with Crippen LogP contribution in [-0.2, 0) is 6.54 Å². The zero-order valence-corrected chi connectivity index (χ0v) is 11.7. The highest BCUT2D eigenvalue weighted by Gasteiger charge is 2.10. The Bertz CT molecular complexity index is 541. The van der Waals surface area contributed by atoms with Crippen molar-refractivity contribution in [1.82, 2.24) is 14.5 Å². The predicted molar refractivity (Wildman–Crippen MR) is 73.7 cm³/mol. The van der Waals surface area contributed by atoms with Crippen molar-refractivity contribution in [3.05, 3.63) is 32.6 Å². The first-order chi connectivity index (χ1) is 9.01. The summed E-state index contributed by atoms with van der Waals surface area (Å²) in [4.78, 5) is 39.5. The van der Waals surface area contributed by atoms with Gasteiger partial charge in [-0.05, 0) is 33.0 Å². The van der Waals surface area contributed by atoms with Gasteiger partial charge in [0.15, 0.2) is 5.78 Å². The molecule has 0 fully saturated rings. The summed E-state index contributed by atoms with van der Waals surface area (Å²) < 4.78 is 1.10. The number of hydrogen-bond acceptors (Lipinski definition) is 4. The third-order valence-electron chi connectivity index (χ3n) is 3.19. The molecule has 19 heavy (non-hydrogen) atoms. The number of Topliss-reactive ketones (excluding diaryl/α,β-unsaturated/α-hetero) is 1. The molecule has 1 aromatic rings. The van der Waals surface area contributed by atoms with Gasteiger partial charge in [-0.1, -0.05) is 13.8 Å². The fraction of sp³-hybridized carbons (Fsp3) is 0.615. The number of carbonyl (C=O) groups excluding carboxylic acids is 1. The summed E-state index contributed by atoms with van der Waals surface area (Å²) in [5.41, 5.74) is -0.937. The summed E-state index contributed by atoms with van der Waals surface area (Å²) in [7, 11) is 0. The molecule has 0 aliphatic carbocycles. The number of nitrogens with one attached hydrogen (secondary N) is 1. The number of hydrogen-bond donors (Lipinski definition) is 1. The van der Waals surface area contributed by atoms with E-state index in [9.17, 15) is 14.4 Å². The largest absolute Gasteiger partial charge is 0.328 e. The third-order valence-corrected chi connectivity index (χ3v) is 3.19. The standard InChI is InChI=1S/C13H21N3O3/c1-4-15(5-2)7-6-8-16-12(18)11(10(3)17)9-14-13(16)19/h9H,4-8H2,1-3H3,(H,14,19). The summed E-state index contributed by atoms with van der Waals surface area (Å²) >= 11 is 0. The second-order valence-electron chi connectivity index (χ2n) is 4.40. The molecule has 0 unspecified atom stereocenters. The maximum absolute atomic E-state index is 12.0. The van der Waals surface area contributed by atoms with E-state index in [1.165, 1.54) is 13.1 Å². The Hall–Kier alpha value is -1.69. The highest BCUT2D eigenvalue weighted by atomic mass is 16.2. The Morgan fingerprint density at radius 3 is 2.47 bits per heavy atom. The Morgan fingerprint density at radius 2 is 1.95 bits per heavy atom. The summed E-state index contributed by atoms with van der Waals surface area (Å²) in [6, 6.07) is 0. The molecule has 0 spiro atoms. The van der Waals surface area contributed by atoms with Crippen molar-refractivity contribution in [3.8, 4) is 0 Å². The molecule has 106 valence electrons. The molecule has 1 rings (SSSR count). The van der Waals surface area contributed by atoms with Crippen molar-refractivity contribution in [1.29, 1.82) is 0 Å². The van der Waals surface area contributed by atoms with Gasteiger partial charge in [0.25, 0.3) is 5.56 Å². The summed E-state index contributed by atoms with van der Waals surface area (Å²) in [6.45, 7) is 8.48. The third kappa shape index (κ3) is 3.89. The van der Waals surface area contributed by atoms with Crippen LogP contribution in [0.25, 0.3) is 0 Å². The average Bonchev–Trinajstić information content (AvgIpc) is 2.37. The Labute approximate surface area is 112 Å². The number of aromatic amines is 1. The number of aromatic nitrogens is 2. The fourth-order valence-corrected chi connectivity index (χ4v) is 1.96. The molecule has 0 aliphatic rings. The van der Waals surface area contributed by atoms with E-state index >= 15 is 0 Å². The molecule has 6 nitrogen and oxygen atoms in total. The van der Waals surface area contributed by atoms with Crippen molar-refractivity contribution in [2.24, 2.45) is 0 Å². The quantitative estimate of drug-likeness (QED) is 0.729. The van der Waals surface area contributed by atoms with Crippen LogP contribution in [0.1, 0.15) is 37.6 Å². The number of ketones is 1. The molecule has 0 radical (unpaired) electrons. The monoisotopic (exact) mass is 267 g/mol. The van der Waals surface area contributed by atoms with Gasteiger partial charge < -0.3 is 9.88 Å². The van der Waals surface area contributed by atoms with Gasteiger partial charge in [-0.3, -0.25) is 14.2 Å². The number of H-pyrrole nitrogens is 1. The minimum Gasteiger partial charge on any atom is -0.313 e. The number of rotatable bonds is 7. The topological polar surface area (TPSA) is 75.2 Å². The smallest absolute Gasteiger partial charge is 0.313 e. The zero-order chi connectivity index (χ0) is 14.4. The summed E-state index contributed by atoms with van der Waals surface area (Å²) in [5.74, 6) is -0.334. The maximum Gasteiger partial charge on any atom is 0.328 e. The number of carbonyl (C=O) groups is 1. The van der Waals surface area contributed by atoms with Crippen molar-refractivity contribution >= 4 is 5.78 Å². The highest BCUT2D eigenvalue weighted by molar-refractivity contribution is 5.93. The van der Waals surface area contributed by atoms with Gasteiger partial charge in [0.05, 0.1) is 5.56 Å². The van der Waals surface area contributed by atoms with E-state index < -0.39 is 11.2 Å². The van der Waals surface area contributed by atoms with Crippen molar-refractivity contribution in [3.63, 3.8) is 0 Å². The molecular formula is C13H21N3O3. The predicted octanol–water partition coefficient (Wildman–Crippen LogP) is 0.471. The van der Waals surface area contributed by atoms with Gasteiger partial charge in [0.1, 0.15) is 0 Å². The van der Waals surface area contributed by atoms with Gasteiger partial charge in [0, 0.05) is 12.7 Å². The average molecular weight is 267 g/mol. The van der Waals surface area contributed by atoms with E-state index in [-0.39, 0.29) is 11.3 Å². The molecule has 0 amide bonds. The van der Waals surface area contributed by atoms with Crippen LogP contribution in [0.3, 0.4) is 0 Å². The molecule has 0 saturated carbocycles. The molecule has 0 aliphatic heterocycles. The Kier molecular flexibility index (Phi) is 5.69. The van der Waals surface area contributed by atoms with Gasteiger partial charge in [-0.25, -0.2) is 4.79 Å². The fourth-order valence-electron chi connectivity index (χ4n) is 1.96. The van der Waals surface area contributed by atoms with Crippen molar-refractivity contribution < 1.29 is 4.79 Å². The maximum atomic E-state index is 12.0. The van der Waals surface area contributed by atoms with E-state index in [1.54, 1.807) is 0 Å². The van der Waals surface area contributed by atoms with Crippen molar-refractivity contribution in [2.45, 2.75) is 33.7 Å². The van der Waals surface area contributed by atoms with Crippen LogP contribution in [0.2, 0.25) is 0 Å². The highest BCUT2D eigenvalue weighted by Crippen LogP contribution is 1.93. The van der Waals surface area contributed by atoms with Gasteiger partial charge in [0.2, 0.25) is 0 Å². The van der Waals surface area contributed by atoms with Crippen LogP contribution >= 0.6 is 0 Å². The molecule has 0 bridgehead atoms. The lowest BCUT2D eigenvalue weighted by Gasteiger charge is -2.17. The second-order valence-corrected chi connectivity index (χ2v) is 4.40. The van der Waals surface area contributed by atoms with Crippen LogP contribution < -0.4 is 11.2 Å². The van der Waals surface area contributed by atoms with Crippen LogP contribution in [0.5, 0.6) is 0 Å². The van der Waals surface area contributed by atoms with Crippen LogP contribution in [0.4, 0.5) is 0 Å². The lowest BCUT2D eigenvalue weighted by molar-refractivity contribution is 0.101. The zero-order valence-electron chi connectivity index (χ0n) is 11.7. The van der Waals surface area contributed by atoms with Crippen LogP contribution in [-0.4, -0.2) is 39.9 Å². The first kappa shape index (κ1) is 15.4. The van der Waals surface area contributed by atoms with Gasteiger partial charge in [-0.2, -0.15) is 0 Å². The first-order valence-corrected chi connectivity index (χ1v) is 6.57. The Balaban J connectivity index is 2.84. The molecule has 0 atom stereocenters. The summed E-state index contributed by atoms with van der Waals surface area (Å²) in [5, 5.41) is 0. The van der Waals surface area contributed by atoms with Gasteiger partial charge in [-0.15, -0.1) is 0 Å². The van der Waals surface area contributed by atoms with E-state index in [0.29, 0.717) is 13.0 Å². The molecule has 6 heteroatoms. The van der Waals surface area contributed by atoms with E-state index in [2.05, 4.69) is 23.7 Å². The lowest BCUT2D eigenvalue weighted by Crippen LogP contribution is -2.38. The normalized spacial score (nSPS) is 10.9.